The molecule has 0 aliphatic carbocycles. The molecule has 4 rings (SSSR count). The molecule has 2 heterocycles. The molecule has 0 spiro atoms. The summed E-state index contributed by atoms with van der Waals surface area (Å²) in [6.07, 6.45) is 0.822. The molecule has 5 nitrogen and oxygen atoms in total. The zero-order valence-corrected chi connectivity index (χ0v) is 19.8. The topological polar surface area (TPSA) is 53.8 Å². The molecule has 0 saturated carbocycles. The average molecular weight is 453 g/mol. The van der Waals surface area contributed by atoms with Crippen molar-refractivity contribution in [3.63, 3.8) is 0 Å². The van der Waals surface area contributed by atoms with Crippen molar-refractivity contribution in [2.75, 3.05) is 26.2 Å². The molecule has 1 aliphatic rings. The lowest BCUT2D eigenvalue weighted by atomic mass is 9.97. The Labute approximate surface area is 193 Å². The van der Waals surface area contributed by atoms with Gasteiger partial charge in [-0.25, -0.2) is 0 Å². The van der Waals surface area contributed by atoms with Crippen molar-refractivity contribution in [1.82, 2.24) is 9.80 Å². The van der Waals surface area contributed by atoms with Crippen LogP contribution in [0, 0.1) is 13.8 Å². The number of halogens is 1. The van der Waals surface area contributed by atoms with Gasteiger partial charge in [-0.1, -0.05) is 55.3 Å². The minimum absolute atomic E-state index is 0.151. The van der Waals surface area contributed by atoms with Gasteiger partial charge in [0.2, 0.25) is 5.76 Å². The summed E-state index contributed by atoms with van der Waals surface area (Å²) in [5.74, 6) is -0.0747. The minimum atomic E-state index is -0.462. The Morgan fingerprint density at radius 3 is 2.41 bits per heavy atom. The normalized spacial score (nSPS) is 15.8. The third kappa shape index (κ3) is 3.96. The molecule has 0 bridgehead atoms. The Kier molecular flexibility index (Phi) is 6.40. The van der Waals surface area contributed by atoms with Crippen molar-refractivity contribution in [1.29, 1.82) is 0 Å². The maximum atomic E-state index is 13.6. The number of aryl methyl sites for hydroxylation is 2. The van der Waals surface area contributed by atoms with E-state index in [9.17, 15) is 9.59 Å². The van der Waals surface area contributed by atoms with E-state index in [-0.39, 0.29) is 17.1 Å². The minimum Gasteiger partial charge on any atom is -0.450 e. The zero-order chi connectivity index (χ0) is 23.0. The van der Waals surface area contributed by atoms with E-state index in [2.05, 4.69) is 18.7 Å². The molecule has 1 amide bonds. The Balaban J connectivity index is 1.82. The summed E-state index contributed by atoms with van der Waals surface area (Å²) in [7, 11) is 0. The first kappa shape index (κ1) is 22.6. The van der Waals surface area contributed by atoms with Crippen molar-refractivity contribution in [3.05, 3.63) is 79.7 Å². The number of nitrogens with zero attached hydrogens (tertiary/aromatic N) is 2. The smallest absolute Gasteiger partial charge is 0.290 e. The van der Waals surface area contributed by atoms with E-state index in [1.54, 1.807) is 17.0 Å². The van der Waals surface area contributed by atoms with Crippen LogP contribution in [0.15, 0.2) is 45.6 Å². The first-order valence-corrected chi connectivity index (χ1v) is 11.6. The quantitative estimate of drug-likeness (QED) is 0.485. The van der Waals surface area contributed by atoms with Gasteiger partial charge in [-0.15, -0.1) is 0 Å². The van der Waals surface area contributed by atoms with Crippen LogP contribution >= 0.6 is 11.6 Å². The maximum absolute atomic E-state index is 13.6. The van der Waals surface area contributed by atoms with Crippen molar-refractivity contribution in [2.45, 2.75) is 40.2 Å². The van der Waals surface area contributed by atoms with E-state index < -0.39 is 6.04 Å². The molecule has 0 fully saturated rings. The summed E-state index contributed by atoms with van der Waals surface area (Å²) in [6.45, 7) is 11.5. The van der Waals surface area contributed by atoms with Crippen molar-refractivity contribution in [3.8, 4) is 0 Å². The summed E-state index contributed by atoms with van der Waals surface area (Å²) in [5.41, 5.74) is 3.47. The van der Waals surface area contributed by atoms with Gasteiger partial charge in [-0.05, 0) is 63.2 Å². The molecule has 0 N–H and O–H groups in total. The van der Waals surface area contributed by atoms with Crippen LogP contribution in [0.5, 0.6) is 0 Å². The molecule has 168 valence electrons. The molecule has 0 saturated heterocycles. The van der Waals surface area contributed by atoms with Gasteiger partial charge >= 0.3 is 0 Å². The van der Waals surface area contributed by atoms with E-state index in [0.717, 1.165) is 42.7 Å². The van der Waals surface area contributed by atoms with Gasteiger partial charge in [0.25, 0.3) is 5.91 Å². The molecular formula is C26H29ClN2O3. The molecule has 1 aromatic heterocycles. The number of fused-ring (bicyclic) bond motifs is 2. The Morgan fingerprint density at radius 1 is 1.06 bits per heavy atom. The number of carbonyl (C=O) groups is 1. The molecular weight excluding hydrogens is 424 g/mol. The third-order valence-electron chi connectivity index (χ3n) is 6.41. The second kappa shape index (κ2) is 9.08. The number of hydrogen-bond donors (Lipinski definition) is 0. The highest BCUT2D eigenvalue weighted by atomic mass is 35.5. The summed E-state index contributed by atoms with van der Waals surface area (Å²) >= 11 is 6.30. The fraction of sp³-hybridized carbons (Fsp3) is 0.385. The average Bonchev–Trinajstić information content (AvgIpc) is 3.05. The standard InChI is InChI=1S/C26H29ClN2O3/c1-5-28(6-2)12-7-13-29-23(18-10-8-16(3)9-11-18)22-24(30)19-15-20(27)17(4)14-21(19)32-25(22)26(29)31/h8-11,14-15,23H,5-7,12-13H2,1-4H3. The molecule has 1 unspecified atom stereocenters. The summed E-state index contributed by atoms with van der Waals surface area (Å²) < 4.78 is 6.05. The SMILES string of the molecule is CCN(CC)CCCN1C(=O)c2oc3cc(C)c(Cl)cc3c(=O)c2C1c1ccc(C)cc1. The van der Waals surface area contributed by atoms with Crippen LogP contribution in [-0.4, -0.2) is 41.9 Å². The predicted octanol–water partition coefficient (Wildman–Crippen LogP) is 5.34. The Morgan fingerprint density at radius 2 is 1.75 bits per heavy atom. The second-order valence-corrected chi connectivity index (χ2v) is 8.87. The van der Waals surface area contributed by atoms with Gasteiger partial charge in [-0.3, -0.25) is 9.59 Å². The Hall–Kier alpha value is -2.63. The first-order chi connectivity index (χ1) is 15.3. The van der Waals surface area contributed by atoms with Crippen LogP contribution in [0.2, 0.25) is 5.02 Å². The van der Waals surface area contributed by atoms with Crippen LogP contribution in [-0.2, 0) is 0 Å². The number of carbonyl (C=O) groups excluding carboxylic acids is 1. The maximum Gasteiger partial charge on any atom is 0.290 e. The highest BCUT2D eigenvalue weighted by Gasteiger charge is 2.42. The number of amides is 1. The zero-order valence-electron chi connectivity index (χ0n) is 19.1. The number of benzene rings is 2. The second-order valence-electron chi connectivity index (χ2n) is 8.46. The van der Waals surface area contributed by atoms with Gasteiger partial charge in [-0.2, -0.15) is 0 Å². The fourth-order valence-electron chi connectivity index (χ4n) is 4.47. The highest BCUT2D eigenvalue weighted by molar-refractivity contribution is 6.32. The molecule has 6 heteroatoms. The van der Waals surface area contributed by atoms with E-state index in [4.69, 9.17) is 16.0 Å². The van der Waals surface area contributed by atoms with Gasteiger partial charge in [0.05, 0.1) is 17.0 Å². The lowest BCUT2D eigenvalue weighted by molar-refractivity contribution is 0.0720. The largest absolute Gasteiger partial charge is 0.450 e. The number of hydrogen-bond acceptors (Lipinski definition) is 4. The molecule has 3 aromatic rings. The van der Waals surface area contributed by atoms with Crippen molar-refractivity contribution >= 4 is 28.5 Å². The van der Waals surface area contributed by atoms with Crippen LogP contribution in [0.4, 0.5) is 0 Å². The fourth-order valence-corrected chi connectivity index (χ4v) is 4.63. The summed E-state index contributed by atoms with van der Waals surface area (Å²) in [6, 6.07) is 10.9. The first-order valence-electron chi connectivity index (χ1n) is 11.2. The van der Waals surface area contributed by atoms with Crippen LogP contribution in [0.1, 0.15) is 59.1 Å². The van der Waals surface area contributed by atoms with Crippen molar-refractivity contribution < 1.29 is 9.21 Å². The van der Waals surface area contributed by atoms with Crippen LogP contribution in [0.3, 0.4) is 0 Å². The van der Waals surface area contributed by atoms with Crippen molar-refractivity contribution in [2.24, 2.45) is 0 Å². The van der Waals surface area contributed by atoms with Gasteiger partial charge < -0.3 is 14.2 Å². The van der Waals surface area contributed by atoms with E-state index >= 15 is 0 Å². The summed E-state index contributed by atoms with van der Waals surface area (Å²) in [4.78, 5) is 31.2. The molecule has 0 radical (unpaired) electrons. The van der Waals surface area contributed by atoms with E-state index in [1.807, 2.05) is 38.1 Å². The van der Waals surface area contributed by atoms with Gasteiger partial charge in [0.1, 0.15) is 5.58 Å². The summed E-state index contributed by atoms with van der Waals surface area (Å²) in [5, 5.41) is 0.922. The molecule has 1 atom stereocenters. The third-order valence-corrected chi connectivity index (χ3v) is 6.82. The molecule has 1 aliphatic heterocycles. The van der Waals surface area contributed by atoms with Crippen LogP contribution < -0.4 is 5.43 Å². The van der Waals surface area contributed by atoms with Gasteiger partial charge in [0.15, 0.2) is 5.43 Å². The van der Waals surface area contributed by atoms with Gasteiger partial charge in [0, 0.05) is 11.6 Å². The Bertz CT molecular complexity index is 1210. The highest BCUT2D eigenvalue weighted by Crippen LogP contribution is 2.38. The predicted molar refractivity (Wildman–Crippen MR) is 129 cm³/mol. The number of rotatable bonds is 7. The van der Waals surface area contributed by atoms with E-state index in [1.165, 1.54) is 0 Å². The lowest BCUT2D eigenvalue weighted by Gasteiger charge is -2.26. The monoisotopic (exact) mass is 452 g/mol. The molecule has 32 heavy (non-hydrogen) atoms. The van der Waals surface area contributed by atoms with Crippen LogP contribution in [0.25, 0.3) is 11.0 Å². The lowest BCUT2D eigenvalue weighted by Crippen LogP contribution is -2.33. The van der Waals surface area contributed by atoms with E-state index in [0.29, 0.717) is 28.1 Å². The molecule has 2 aromatic carbocycles.